The highest BCUT2D eigenvalue weighted by Gasteiger charge is 2.23. The third-order valence-electron chi connectivity index (χ3n) is 2.87. The maximum atomic E-state index is 12.2. The number of ketones is 1. The van der Waals surface area contributed by atoms with Gasteiger partial charge in [-0.15, -0.1) is 0 Å². The van der Waals surface area contributed by atoms with Gasteiger partial charge in [0.1, 0.15) is 0 Å². The molecule has 0 radical (unpaired) electrons. The first-order valence-corrected chi connectivity index (χ1v) is 5.91. The summed E-state index contributed by atoms with van der Waals surface area (Å²) in [5.74, 6) is 0.673. The number of ether oxygens (including phenoxy) is 1. The first-order chi connectivity index (χ1) is 8.43. The third-order valence-corrected chi connectivity index (χ3v) is 2.87. The smallest absolute Gasteiger partial charge is 0.221 e. The highest BCUT2D eigenvalue weighted by molar-refractivity contribution is 6.03. The minimum absolute atomic E-state index is 0.121. The van der Waals surface area contributed by atoms with E-state index in [1.165, 1.54) is 0 Å². The molecule has 0 saturated carbocycles. The van der Waals surface area contributed by atoms with Gasteiger partial charge in [-0.3, -0.25) is 4.79 Å². The van der Waals surface area contributed by atoms with Crippen LogP contribution in [0.25, 0.3) is 10.8 Å². The SMILES string of the molecule is COc1nccc2ccc(C(=O)C(C)(C)C)cc12. The van der Waals surface area contributed by atoms with Crippen molar-refractivity contribution >= 4 is 16.6 Å². The lowest BCUT2D eigenvalue weighted by Crippen LogP contribution is -2.20. The number of rotatable bonds is 2. The molecular formula is C15H17NO2. The molecule has 18 heavy (non-hydrogen) atoms. The maximum absolute atomic E-state index is 12.2. The number of fused-ring (bicyclic) bond motifs is 1. The van der Waals surface area contributed by atoms with Gasteiger partial charge in [-0.25, -0.2) is 4.98 Å². The first-order valence-electron chi connectivity index (χ1n) is 5.91. The zero-order chi connectivity index (χ0) is 13.3. The van der Waals surface area contributed by atoms with Crippen molar-refractivity contribution in [3.8, 4) is 5.88 Å². The molecule has 1 heterocycles. The van der Waals surface area contributed by atoms with E-state index in [1.807, 2.05) is 45.0 Å². The summed E-state index contributed by atoms with van der Waals surface area (Å²) in [5.41, 5.74) is 0.310. The van der Waals surface area contributed by atoms with Crippen LogP contribution in [-0.4, -0.2) is 17.9 Å². The number of nitrogens with zero attached hydrogens (tertiary/aromatic N) is 1. The summed E-state index contributed by atoms with van der Waals surface area (Å²) in [4.78, 5) is 16.4. The highest BCUT2D eigenvalue weighted by Crippen LogP contribution is 2.27. The van der Waals surface area contributed by atoms with Crippen molar-refractivity contribution in [3.63, 3.8) is 0 Å². The second-order valence-electron chi connectivity index (χ2n) is 5.34. The van der Waals surface area contributed by atoms with Crippen LogP contribution in [0.5, 0.6) is 5.88 Å². The lowest BCUT2D eigenvalue weighted by Gasteiger charge is -2.17. The second-order valence-corrected chi connectivity index (χ2v) is 5.34. The van der Waals surface area contributed by atoms with E-state index < -0.39 is 0 Å². The van der Waals surface area contributed by atoms with Crippen molar-refractivity contribution in [2.24, 2.45) is 5.41 Å². The van der Waals surface area contributed by atoms with E-state index >= 15 is 0 Å². The van der Waals surface area contributed by atoms with Crippen molar-refractivity contribution in [2.75, 3.05) is 7.11 Å². The molecule has 94 valence electrons. The van der Waals surface area contributed by atoms with Crippen LogP contribution in [0.2, 0.25) is 0 Å². The van der Waals surface area contributed by atoms with Crippen LogP contribution in [0.4, 0.5) is 0 Å². The lowest BCUT2D eigenvalue weighted by atomic mass is 9.86. The Morgan fingerprint density at radius 1 is 1.22 bits per heavy atom. The minimum atomic E-state index is -0.386. The number of aromatic nitrogens is 1. The number of hydrogen-bond acceptors (Lipinski definition) is 3. The molecule has 3 nitrogen and oxygen atoms in total. The van der Waals surface area contributed by atoms with Gasteiger partial charge >= 0.3 is 0 Å². The molecule has 0 fully saturated rings. The molecule has 0 amide bonds. The van der Waals surface area contributed by atoms with Crippen molar-refractivity contribution in [1.82, 2.24) is 4.98 Å². The van der Waals surface area contributed by atoms with Crippen molar-refractivity contribution in [2.45, 2.75) is 20.8 Å². The molecule has 0 aliphatic carbocycles. The van der Waals surface area contributed by atoms with Gasteiger partial charge in [0, 0.05) is 22.6 Å². The third kappa shape index (κ3) is 2.21. The van der Waals surface area contributed by atoms with E-state index in [4.69, 9.17) is 4.74 Å². The molecule has 0 spiro atoms. The molecule has 0 aliphatic heterocycles. The summed E-state index contributed by atoms with van der Waals surface area (Å²) in [6.45, 7) is 5.75. The van der Waals surface area contributed by atoms with Gasteiger partial charge in [0.2, 0.25) is 5.88 Å². The van der Waals surface area contributed by atoms with Gasteiger partial charge in [-0.1, -0.05) is 32.9 Å². The monoisotopic (exact) mass is 243 g/mol. The first kappa shape index (κ1) is 12.6. The van der Waals surface area contributed by atoms with Gasteiger partial charge in [-0.2, -0.15) is 0 Å². The molecule has 0 saturated heterocycles. The fourth-order valence-electron chi connectivity index (χ4n) is 1.88. The van der Waals surface area contributed by atoms with Crippen LogP contribution < -0.4 is 4.74 Å². The Labute approximate surface area is 107 Å². The number of pyridine rings is 1. The zero-order valence-corrected chi connectivity index (χ0v) is 11.2. The normalized spacial score (nSPS) is 11.6. The van der Waals surface area contributed by atoms with Crippen molar-refractivity contribution < 1.29 is 9.53 Å². The summed E-state index contributed by atoms with van der Waals surface area (Å²) in [5, 5.41) is 1.89. The summed E-state index contributed by atoms with van der Waals surface area (Å²) in [7, 11) is 1.58. The molecule has 1 aromatic heterocycles. The van der Waals surface area contributed by atoms with E-state index in [-0.39, 0.29) is 11.2 Å². The van der Waals surface area contributed by atoms with Gasteiger partial charge < -0.3 is 4.74 Å². The van der Waals surface area contributed by atoms with Crippen molar-refractivity contribution in [3.05, 3.63) is 36.0 Å². The van der Waals surface area contributed by atoms with Crippen molar-refractivity contribution in [1.29, 1.82) is 0 Å². The number of carbonyl (C=O) groups excluding carboxylic acids is 1. The lowest BCUT2D eigenvalue weighted by molar-refractivity contribution is 0.0858. The van der Waals surface area contributed by atoms with E-state index in [2.05, 4.69) is 4.98 Å². The van der Waals surface area contributed by atoms with Crippen LogP contribution in [-0.2, 0) is 0 Å². The number of carbonyl (C=O) groups is 1. The average molecular weight is 243 g/mol. The fourth-order valence-corrected chi connectivity index (χ4v) is 1.88. The average Bonchev–Trinajstić information content (AvgIpc) is 2.35. The largest absolute Gasteiger partial charge is 0.481 e. The van der Waals surface area contributed by atoms with E-state index in [0.717, 1.165) is 10.8 Å². The fraction of sp³-hybridized carbons (Fsp3) is 0.333. The summed E-state index contributed by atoms with van der Waals surface area (Å²) >= 11 is 0. The van der Waals surface area contributed by atoms with Gasteiger partial charge in [0.15, 0.2) is 5.78 Å². The van der Waals surface area contributed by atoms with Gasteiger partial charge in [-0.05, 0) is 17.5 Å². The zero-order valence-electron chi connectivity index (χ0n) is 11.2. The molecule has 3 heteroatoms. The molecule has 0 unspecified atom stereocenters. The number of Topliss-reactive ketones (excluding diaryl/α,β-unsaturated/α-hetero) is 1. The summed E-state index contributed by atoms with van der Waals surface area (Å²) in [6.07, 6.45) is 1.70. The molecular weight excluding hydrogens is 226 g/mol. The van der Waals surface area contributed by atoms with E-state index in [0.29, 0.717) is 11.4 Å². The van der Waals surface area contributed by atoms with E-state index in [1.54, 1.807) is 13.3 Å². The minimum Gasteiger partial charge on any atom is -0.481 e. The summed E-state index contributed by atoms with van der Waals surface area (Å²) < 4.78 is 5.23. The quantitative estimate of drug-likeness (QED) is 0.758. The van der Waals surface area contributed by atoms with Crippen LogP contribution >= 0.6 is 0 Å². The number of hydrogen-bond donors (Lipinski definition) is 0. The molecule has 0 atom stereocenters. The second kappa shape index (κ2) is 4.41. The predicted molar refractivity (Wildman–Crippen MR) is 72.1 cm³/mol. The molecule has 0 aliphatic rings. The van der Waals surface area contributed by atoms with Crippen LogP contribution in [0.15, 0.2) is 30.5 Å². The van der Waals surface area contributed by atoms with E-state index in [9.17, 15) is 4.79 Å². The number of methoxy groups -OCH3 is 1. The van der Waals surface area contributed by atoms with Crippen LogP contribution in [0.1, 0.15) is 31.1 Å². The number of benzene rings is 1. The molecule has 2 aromatic rings. The Morgan fingerprint density at radius 2 is 1.94 bits per heavy atom. The van der Waals surface area contributed by atoms with Gasteiger partial charge in [0.25, 0.3) is 0 Å². The Hall–Kier alpha value is -1.90. The van der Waals surface area contributed by atoms with Crippen LogP contribution in [0, 0.1) is 5.41 Å². The molecule has 0 bridgehead atoms. The summed E-state index contributed by atoms with van der Waals surface area (Å²) in [6, 6.07) is 7.55. The molecule has 1 aromatic carbocycles. The predicted octanol–water partition coefficient (Wildman–Crippen LogP) is 3.47. The standard InChI is InChI=1S/C15H17NO2/c1-15(2,3)13(17)11-6-5-10-7-8-16-14(18-4)12(10)9-11/h5-9H,1-4H3. The Bertz CT molecular complexity index is 597. The Morgan fingerprint density at radius 3 is 2.56 bits per heavy atom. The van der Waals surface area contributed by atoms with Gasteiger partial charge in [0.05, 0.1) is 7.11 Å². The molecule has 2 rings (SSSR count). The highest BCUT2D eigenvalue weighted by atomic mass is 16.5. The Balaban J connectivity index is 2.60. The Kier molecular flexibility index (Phi) is 3.07. The van der Waals surface area contributed by atoms with Crippen LogP contribution in [0.3, 0.4) is 0 Å². The molecule has 0 N–H and O–H groups in total. The maximum Gasteiger partial charge on any atom is 0.221 e. The topological polar surface area (TPSA) is 39.2 Å².